The van der Waals surface area contributed by atoms with E-state index in [4.69, 9.17) is 4.74 Å². The van der Waals surface area contributed by atoms with Crippen LogP contribution in [0.3, 0.4) is 0 Å². The summed E-state index contributed by atoms with van der Waals surface area (Å²) in [6.07, 6.45) is 3.31. The molecule has 2 aromatic rings. The van der Waals surface area contributed by atoms with Gasteiger partial charge in [-0.25, -0.2) is 4.79 Å². The van der Waals surface area contributed by atoms with Gasteiger partial charge in [-0.3, -0.25) is 19.7 Å². The molecule has 2 aliphatic rings. The first-order valence-electron chi connectivity index (χ1n) is 9.65. The van der Waals surface area contributed by atoms with Crippen LogP contribution < -0.4 is 10.2 Å². The molecule has 3 heterocycles. The summed E-state index contributed by atoms with van der Waals surface area (Å²) in [5.41, 5.74) is 3.12. The smallest absolute Gasteiger partial charge is 0.323 e. The van der Waals surface area contributed by atoms with Crippen LogP contribution in [0.2, 0.25) is 0 Å². The molecule has 8 heteroatoms. The maximum Gasteiger partial charge on any atom is 0.323 e. The van der Waals surface area contributed by atoms with E-state index in [-0.39, 0.29) is 17.4 Å². The molecule has 1 aromatic heterocycles. The zero-order valence-electron chi connectivity index (χ0n) is 16.9. The van der Waals surface area contributed by atoms with Crippen molar-refractivity contribution in [3.8, 4) is 0 Å². The molecule has 0 aliphatic carbocycles. The minimum Gasteiger partial charge on any atom is -0.367 e. The zero-order chi connectivity index (χ0) is 20.6. The van der Waals surface area contributed by atoms with E-state index in [1.165, 1.54) is 0 Å². The van der Waals surface area contributed by atoms with E-state index in [0.717, 1.165) is 16.9 Å². The van der Waals surface area contributed by atoms with Crippen LogP contribution in [0, 0.1) is 6.92 Å². The number of rotatable bonds is 3. The summed E-state index contributed by atoms with van der Waals surface area (Å²) in [5.74, 6) is -0.167. The molecule has 1 fully saturated rings. The summed E-state index contributed by atoms with van der Waals surface area (Å²) in [4.78, 5) is 37.1. The van der Waals surface area contributed by atoms with E-state index < -0.39 is 6.10 Å². The van der Waals surface area contributed by atoms with Crippen molar-refractivity contribution >= 4 is 17.6 Å². The van der Waals surface area contributed by atoms with E-state index in [0.29, 0.717) is 31.8 Å². The predicted molar refractivity (Wildman–Crippen MR) is 108 cm³/mol. The lowest BCUT2D eigenvalue weighted by Gasteiger charge is -2.25. The van der Waals surface area contributed by atoms with Crippen LogP contribution in [-0.4, -0.2) is 60.2 Å². The van der Waals surface area contributed by atoms with Gasteiger partial charge >= 0.3 is 6.03 Å². The van der Waals surface area contributed by atoms with Crippen molar-refractivity contribution < 1.29 is 14.3 Å². The van der Waals surface area contributed by atoms with Crippen LogP contribution in [-0.2, 0) is 21.5 Å². The van der Waals surface area contributed by atoms with Gasteiger partial charge in [0.1, 0.15) is 6.10 Å². The minimum absolute atomic E-state index is 0.0693. The highest BCUT2D eigenvalue weighted by Crippen LogP contribution is 2.47. The summed E-state index contributed by atoms with van der Waals surface area (Å²) in [6, 6.07) is 7.81. The molecule has 0 bridgehead atoms. The number of nitrogens with one attached hydrogen (secondary N) is 1. The van der Waals surface area contributed by atoms with Crippen LogP contribution in [0.25, 0.3) is 0 Å². The summed E-state index contributed by atoms with van der Waals surface area (Å²) in [7, 11) is 3.48. The van der Waals surface area contributed by atoms with Crippen molar-refractivity contribution in [2.75, 3.05) is 32.1 Å². The fraction of sp³-hybridized carbons (Fsp3) is 0.429. The average Bonchev–Trinajstić information content (AvgIpc) is 3.29. The van der Waals surface area contributed by atoms with Crippen LogP contribution in [0.1, 0.15) is 23.4 Å². The van der Waals surface area contributed by atoms with E-state index in [1.807, 2.05) is 31.2 Å². The Morgan fingerprint density at radius 3 is 2.79 bits per heavy atom. The van der Waals surface area contributed by atoms with Crippen LogP contribution in [0.4, 0.5) is 10.5 Å². The number of hydrogen-bond donors (Lipinski definition) is 1. The molecule has 1 N–H and O–H groups in total. The number of anilines is 1. The SMILES string of the molecule is Cc1cnc(CNC(=O)C2CC3(CO2)CN(C(=O)N(C)C)c2ccccc23)cn1. The van der Waals surface area contributed by atoms with Gasteiger partial charge in [0.05, 0.1) is 30.7 Å². The van der Waals surface area contributed by atoms with Gasteiger partial charge in [-0.2, -0.15) is 0 Å². The number of benzene rings is 1. The number of nitrogens with zero attached hydrogens (tertiary/aromatic N) is 4. The third-order valence-electron chi connectivity index (χ3n) is 5.55. The Morgan fingerprint density at radius 1 is 1.28 bits per heavy atom. The summed E-state index contributed by atoms with van der Waals surface area (Å²) >= 11 is 0. The summed E-state index contributed by atoms with van der Waals surface area (Å²) < 4.78 is 5.91. The Balaban J connectivity index is 1.47. The fourth-order valence-electron chi connectivity index (χ4n) is 4.04. The van der Waals surface area contributed by atoms with Gasteiger partial charge in [0.25, 0.3) is 0 Å². The number of carbonyl (C=O) groups is 2. The third-order valence-corrected chi connectivity index (χ3v) is 5.55. The van der Waals surface area contributed by atoms with Gasteiger partial charge in [0.2, 0.25) is 5.91 Å². The van der Waals surface area contributed by atoms with Crippen LogP contribution in [0.15, 0.2) is 36.7 Å². The number of urea groups is 1. The number of para-hydroxylation sites is 1. The number of fused-ring (bicyclic) bond motifs is 2. The zero-order valence-corrected chi connectivity index (χ0v) is 16.9. The van der Waals surface area contributed by atoms with Crippen molar-refractivity contribution in [1.82, 2.24) is 20.2 Å². The lowest BCUT2D eigenvalue weighted by Crippen LogP contribution is -2.43. The molecule has 2 atom stereocenters. The Kier molecular flexibility index (Phi) is 4.96. The first-order chi connectivity index (χ1) is 13.9. The summed E-state index contributed by atoms with van der Waals surface area (Å²) in [6.45, 7) is 3.09. The lowest BCUT2D eigenvalue weighted by molar-refractivity contribution is -0.130. The molecule has 0 saturated carbocycles. The van der Waals surface area contributed by atoms with E-state index >= 15 is 0 Å². The highest BCUT2D eigenvalue weighted by molar-refractivity contribution is 5.95. The molecular weight excluding hydrogens is 370 g/mol. The molecule has 2 aliphatic heterocycles. The number of carbonyl (C=O) groups excluding carboxylic acids is 2. The van der Waals surface area contributed by atoms with Crippen LogP contribution >= 0.6 is 0 Å². The Hall–Kier alpha value is -3.00. The molecule has 29 heavy (non-hydrogen) atoms. The van der Waals surface area contributed by atoms with Gasteiger partial charge in [-0.15, -0.1) is 0 Å². The number of aryl methyl sites for hydroxylation is 1. The van der Waals surface area contributed by atoms with Crippen molar-refractivity contribution in [2.24, 2.45) is 0 Å². The second-order valence-electron chi connectivity index (χ2n) is 7.93. The minimum atomic E-state index is -0.559. The molecular formula is C21H25N5O3. The predicted octanol–water partition coefficient (Wildman–Crippen LogP) is 1.63. The lowest BCUT2D eigenvalue weighted by atomic mass is 9.80. The second-order valence-corrected chi connectivity index (χ2v) is 7.93. The highest BCUT2D eigenvalue weighted by Gasteiger charge is 2.51. The molecule has 152 valence electrons. The normalized spacial score (nSPS) is 22.6. The van der Waals surface area contributed by atoms with Gasteiger partial charge < -0.3 is 15.0 Å². The molecule has 2 unspecified atom stereocenters. The largest absolute Gasteiger partial charge is 0.367 e. The third kappa shape index (κ3) is 3.55. The second kappa shape index (κ2) is 7.44. The number of aromatic nitrogens is 2. The first kappa shape index (κ1) is 19.3. The topological polar surface area (TPSA) is 87.7 Å². The summed E-state index contributed by atoms with van der Waals surface area (Å²) in [5, 5.41) is 2.89. The van der Waals surface area contributed by atoms with E-state index in [2.05, 4.69) is 15.3 Å². The van der Waals surface area contributed by atoms with E-state index in [1.54, 1.807) is 36.3 Å². The van der Waals surface area contributed by atoms with Crippen LogP contribution in [0.5, 0.6) is 0 Å². The van der Waals surface area contributed by atoms with Gasteiger partial charge in [0.15, 0.2) is 0 Å². The molecule has 1 spiro atoms. The van der Waals surface area contributed by atoms with Gasteiger partial charge in [-0.05, 0) is 25.0 Å². The average molecular weight is 395 g/mol. The van der Waals surface area contributed by atoms with E-state index in [9.17, 15) is 9.59 Å². The standard InChI is InChI=1S/C21H25N5O3/c1-14-9-23-15(10-22-14)11-24-19(27)18-8-21(13-29-18)12-26(20(28)25(2)3)17-7-5-4-6-16(17)21/h4-7,9-10,18H,8,11-13H2,1-3H3,(H,24,27). The Bertz CT molecular complexity index is 930. The van der Waals surface area contributed by atoms with Crippen molar-refractivity contribution in [1.29, 1.82) is 0 Å². The van der Waals surface area contributed by atoms with Gasteiger partial charge in [-0.1, -0.05) is 18.2 Å². The maximum absolute atomic E-state index is 12.7. The Labute approximate surface area is 169 Å². The highest BCUT2D eigenvalue weighted by atomic mass is 16.5. The molecule has 1 saturated heterocycles. The molecule has 8 nitrogen and oxygen atoms in total. The van der Waals surface area contributed by atoms with Crippen molar-refractivity contribution in [2.45, 2.75) is 31.4 Å². The number of hydrogen-bond acceptors (Lipinski definition) is 5. The fourth-order valence-corrected chi connectivity index (χ4v) is 4.04. The number of ether oxygens (including phenoxy) is 1. The molecule has 4 rings (SSSR count). The maximum atomic E-state index is 12.7. The molecule has 0 radical (unpaired) electrons. The van der Waals surface area contributed by atoms with Crippen molar-refractivity contribution in [3.63, 3.8) is 0 Å². The number of amides is 3. The monoisotopic (exact) mass is 395 g/mol. The quantitative estimate of drug-likeness (QED) is 0.854. The Morgan fingerprint density at radius 2 is 2.07 bits per heavy atom. The van der Waals surface area contributed by atoms with Crippen molar-refractivity contribution in [3.05, 3.63) is 53.6 Å². The van der Waals surface area contributed by atoms with Gasteiger partial charge in [0, 0.05) is 37.9 Å². The first-order valence-corrected chi connectivity index (χ1v) is 9.65. The molecule has 3 amide bonds. The molecule has 1 aromatic carbocycles.